The van der Waals surface area contributed by atoms with Gasteiger partial charge in [0.1, 0.15) is 23.4 Å². The summed E-state index contributed by atoms with van der Waals surface area (Å²) in [4.78, 5) is 0. The molecular weight excluding hydrogens is 340 g/mol. The van der Waals surface area contributed by atoms with Gasteiger partial charge in [-0.15, -0.1) is 0 Å². The zero-order valence-corrected chi connectivity index (χ0v) is 15.6. The molecule has 1 saturated heterocycles. The second-order valence-electron chi connectivity index (χ2n) is 6.92. The first-order chi connectivity index (χ1) is 11.9. The predicted molar refractivity (Wildman–Crippen MR) is 96.8 cm³/mol. The van der Waals surface area contributed by atoms with Gasteiger partial charge in [-0.25, -0.2) is 8.42 Å². The zero-order chi connectivity index (χ0) is 18.0. The fraction of sp³-hybridized carbons (Fsp3) is 0.579. The van der Waals surface area contributed by atoms with Gasteiger partial charge in [-0.3, -0.25) is 0 Å². The molecule has 0 saturated carbocycles. The summed E-state index contributed by atoms with van der Waals surface area (Å²) in [6, 6.07) is 3.59. The minimum atomic E-state index is -3.07. The summed E-state index contributed by atoms with van der Waals surface area (Å²) in [5, 5.41) is 8.63. The summed E-state index contributed by atoms with van der Waals surface area (Å²) < 4.78 is 35.9. The molecule has 2 aliphatic rings. The molecule has 2 atom stereocenters. The number of hydrogen-bond acceptors (Lipinski definition) is 5. The van der Waals surface area contributed by atoms with E-state index in [1.165, 1.54) is 0 Å². The molecule has 0 radical (unpaired) electrons. The summed E-state index contributed by atoms with van der Waals surface area (Å²) >= 11 is 0. The van der Waals surface area contributed by atoms with Crippen LogP contribution in [0.2, 0.25) is 0 Å². The largest absolute Gasteiger partial charge is 0.459 e. The van der Waals surface area contributed by atoms with Crippen LogP contribution in [-0.4, -0.2) is 37.2 Å². The molecule has 0 bridgehead atoms. The number of sulfone groups is 1. The Morgan fingerprint density at radius 3 is 2.88 bits per heavy atom. The first kappa shape index (κ1) is 18.4. The minimum absolute atomic E-state index is 0.0863. The topological polar surface area (TPSA) is 76.7 Å². The molecule has 1 fully saturated rings. The van der Waals surface area contributed by atoms with Gasteiger partial charge in [0.2, 0.25) is 0 Å². The van der Waals surface area contributed by atoms with Gasteiger partial charge in [-0.2, -0.15) is 0 Å². The van der Waals surface area contributed by atoms with Crippen LogP contribution in [0.25, 0.3) is 6.08 Å². The van der Waals surface area contributed by atoms with Crippen LogP contribution in [0.3, 0.4) is 0 Å². The van der Waals surface area contributed by atoms with Crippen molar-refractivity contribution in [2.24, 2.45) is 0 Å². The fourth-order valence-electron chi connectivity index (χ4n) is 3.76. The number of fused-ring (bicyclic) bond motifs is 1. The third kappa shape index (κ3) is 3.91. The Morgan fingerprint density at radius 2 is 2.20 bits per heavy atom. The second-order valence-corrected chi connectivity index (χ2v) is 9.10. The van der Waals surface area contributed by atoms with Crippen molar-refractivity contribution in [3.05, 3.63) is 40.4 Å². The van der Waals surface area contributed by atoms with Crippen LogP contribution in [0, 0.1) is 0 Å². The Hall–Kier alpha value is -1.37. The van der Waals surface area contributed by atoms with Crippen molar-refractivity contribution in [1.29, 1.82) is 0 Å². The average molecular weight is 366 g/mol. The molecule has 0 aromatic carbocycles. The zero-order valence-electron chi connectivity index (χ0n) is 14.8. The molecular formula is C19H26O5S. The summed E-state index contributed by atoms with van der Waals surface area (Å²) in [6.07, 6.45) is 5.27. The van der Waals surface area contributed by atoms with Crippen molar-refractivity contribution >= 4 is 15.9 Å². The Kier molecular flexibility index (Phi) is 5.51. The van der Waals surface area contributed by atoms with Crippen LogP contribution in [0.15, 0.2) is 33.3 Å². The van der Waals surface area contributed by atoms with E-state index in [0.29, 0.717) is 12.4 Å². The molecule has 1 N–H and O–H groups in total. The number of aliphatic hydroxyl groups excluding tert-OH is 1. The van der Waals surface area contributed by atoms with Gasteiger partial charge in [0.05, 0.1) is 18.5 Å². The maximum absolute atomic E-state index is 12.3. The van der Waals surface area contributed by atoms with E-state index in [9.17, 15) is 8.42 Å². The molecule has 3 heterocycles. The third-order valence-electron chi connectivity index (χ3n) is 4.94. The van der Waals surface area contributed by atoms with Crippen LogP contribution in [0.5, 0.6) is 0 Å². The summed E-state index contributed by atoms with van der Waals surface area (Å²) in [7, 11) is -3.07. The van der Waals surface area contributed by atoms with Gasteiger partial charge in [-0.1, -0.05) is 24.5 Å². The summed E-state index contributed by atoms with van der Waals surface area (Å²) in [5.41, 5.74) is 3.26. The monoisotopic (exact) mass is 366 g/mol. The Bertz CT molecular complexity index is 784. The minimum Gasteiger partial charge on any atom is -0.459 e. The Balaban J connectivity index is 1.67. The van der Waals surface area contributed by atoms with Gasteiger partial charge < -0.3 is 14.3 Å². The van der Waals surface area contributed by atoms with Crippen molar-refractivity contribution in [1.82, 2.24) is 0 Å². The maximum Gasteiger partial charge on any atom is 0.163 e. The molecule has 6 heteroatoms. The van der Waals surface area contributed by atoms with Gasteiger partial charge in [0.25, 0.3) is 0 Å². The van der Waals surface area contributed by atoms with Crippen LogP contribution in [-0.2, 0) is 21.2 Å². The van der Waals surface area contributed by atoms with Gasteiger partial charge in [-0.05, 0) is 50.0 Å². The fourth-order valence-corrected chi connectivity index (χ4v) is 5.75. The van der Waals surface area contributed by atoms with Crippen LogP contribution < -0.4 is 0 Å². The molecule has 0 amide bonds. The molecule has 0 aliphatic carbocycles. The van der Waals surface area contributed by atoms with Crippen LogP contribution in [0.1, 0.15) is 51.1 Å². The van der Waals surface area contributed by atoms with E-state index in [1.807, 2.05) is 19.1 Å². The summed E-state index contributed by atoms with van der Waals surface area (Å²) in [5.74, 6) is 1.49. The molecule has 1 aromatic heterocycles. The van der Waals surface area contributed by atoms with Crippen molar-refractivity contribution < 1.29 is 22.7 Å². The highest BCUT2D eigenvalue weighted by molar-refractivity contribution is 7.92. The van der Waals surface area contributed by atoms with Crippen LogP contribution >= 0.6 is 0 Å². The lowest BCUT2D eigenvalue weighted by atomic mass is 9.95. The molecule has 0 spiro atoms. The van der Waals surface area contributed by atoms with E-state index in [4.69, 9.17) is 14.3 Å². The van der Waals surface area contributed by atoms with E-state index < -0.39 is 15.1 Å². The molecule has 3 rings (SSSR count). The number of furan rings is 1. The lowest BCUT2D eigenvalue weighted by Crippen LogP contribution is -2.19. The molecule has 2 aliphatic heterocycles. The third-order valence-corrected chi connectivity index (χ3v) is 6.95. The van der Waals surface area contributed by atoms with E-state index in [-0.39, 0.29) is 18.5 Å². The standard InChI is InChI=1S/C19H26O5S/c1-3-4-14-12-25(21,22)18-11-23-17(19(14)18)8-5-13(2)9-15-6-7-16(10-20)24-15/h6-7,9,17-18,20H,3-5,8,10-12H2,1-2H3/b13-9+/t17-,18+/m1/s1. The van der Waals surface area contributed by atoms with Gasteiger partial charge >= 0.3 is 0 Å². The summed E-state index contributed by atoms with van der Waals surface area (Å²) in [6.45, 7) is 4.30. The lowest BCUT2D eigenvalue weighted by Gasteiger charge is -2.13. The number of hydrogen-bond donors (Lipinski definition) is 1. The second kappa shape index (κ2) is 7.48. The normalized spacial score (nSPS) is 25.6. The highest BCUT2D eigenvalue weighted by atomic mass is 32.2. The Labute approximate surface area is 149 Å². The molecule has 1 aromatic rings. The predicted octanol–water partition coefficient (Wildman–Crippen LogP) is 3.25. The van der Waals surface area contributed by atoms with E-state index in [2.05, 4.69) is 6.92 Å². The van der Waals surface area contributed by atoms with Crippen LogP contribution in [0.4, 0.5) is 0 Å². The lowest BCUT2D eigenvalue weighted by molar-refractivity contribution is 0.117. The van der Waals surface area contributed by atoms with E-state index in [1.54, 1.807) is 6.07 Å². The van der Waals surface area contributed by atoms with Gasteiger partial charge in [0.15, 0.2) is 9.84 Å². The molecule has 0 unspecified atom stereocenters. The SMILES string of the molecule is CCCC1=C2[C@@H](CC/C(C)=C/c3ccc(CO)o3)OC[C@@H]2S(=O)(=O)C1. The van der Waals surface area contributed by atoms with E-state index >= 15 is 0 Å². The number of ether oxygens (including phenoxy) is 1. The quantitative estimate of drug-likeness (QED) is 0.750. The van der Waals surface area contributed by atoms with Crippen molar-refractivity contribution in [2.75, 3.05) is 12.4 Å². The number of rotatable bonds is 7. The molecule has 25 heavy (non-hydrogen) atoms. The van der Waals surface area contributed by atoms with Gasteiger partial charge in [0, 0.05) is 0 Å². The molecule has 138 valence electrons. The average Bonchev–Trinajstić information content (AvgIpc) is 3.23. The smallest absolute Gasteiger partial charge is 0.163 e. The number of aliphatic hydroxyl groups is 1. The highest BCUT2D eigenvalue weighted by Crippen LogP contribution is 2.39. The van der Waals surface area contributed by atoms with Crippen molar-refractivity contribution in [2.45, 2.75) is 57.5 Å². The first-order valence-corrected chi connectivity index (χ1v) is 10.6. The molecule has 5 nitrogen and oxygen atoms in total. The van der Waals surface area contributed by atoms with E-state index in [0.717, 1.165) is 48.2 Å². The van der Waals surface area contributed by atoms with Crippen molar-refractivity contribution in [3.63, 3.8) is 0 Å². The number of allylic oxidation sites excluding steroid dienone is 1. The Morgan fingerprint density at radius 1 is 1.40 bits per heavy atom. The maximum atomic E-state index is 12.3. The van der Waals surface area contributed by atoms with Crippen molar-refractivity contribution in [3.8, 4) is 0 Å². The first-order valence-electron chi connectivity index (χ1n) is 8.86. The highest BCUT2D eigenvalue weighted by Gasteiger charge is 2.46.